The summed E-state index contributed by atoms with van der Waals surface area (Å²) in [6.45, 7) is 5.37. The molecule has 2 nitrogen and oxygen atoms in total. The highest BCUT2D eigenvalue weighted by molar-refractivity contribution is 5.20. The number of hydrogen-bond acceptors (Lipinski definition) is 2. The summed E-state index contributed by atoms with van der Waals surface area (Å²) in [4.78, 5) is 0. The summed E-state index contributed by atoms with van der Waals surface area (Å²) in [5.41, 5.74) is 2.54. The molecule has 1 aromatic rings. The normalized spacial score (nSPS) is 14.9. The van der Waals surface area contributed by atoms with Crippen molar-refractivity contribution < 1.29 is 9.47 Å². The van der Waals surface area contributed by atoms with E-state index in [9.17, 15) is 0 Å². The smallest absolute Gasteiger partial charge is 0.0716 e. The van der Waals surface area contributed by atoms with Crippen LogP contribution in [-0.4, -0.2) is 19.8 Å². The van der Waals surface area contributed by atoms with Crippen molar-refractivity contribution in [3.8, 4) is 0 Å². The Morgan fingerprint density at radius 1 is 1.00 bits per heavy atom. The van der Waals surface area contributed by atoms with Crippen LogP contribution in [0.5, 0.6) is 0 Å². The first-order valence-electron chi connectivity index (χ1n) is 7.05. The van der Waals surface area contributed by atoms with Gasteiger partial charge in [-0.1, -0.05) is 42.7 Å². The molecule has 0 radical (unpaired) electrons. The zero-order valence-electron chi connectivity index (χ0n) is 11.4. The van der Waals surface area contributed by atoms with Crippen LogP contribution in [0.1, 0.15) is 36.8 Å². The van der Waals surface area contributed by atoms with Crippen LogP contribution in [0.3, 0.4) is 0 Å². The molecular formula is C16H24O2. The van der Waals surface area contributed by atoms with Crippen LogP contribution in [0.4, 0.5) is 0 Å². The van der Waals surface area contributed by atoms with E-state index in [1.54, 1.807) is 0 Å². The standard InChI is InChI=1S/C16H24O2/c1-14-3-5-16(6-4-14)13-18-11-2-10-17-12-9-15-7-8-15/h3-6,15H,2,7-13H2,1H3. The third kappa shape index (κ3) is 5.65. The summed E-state index contributed by atoms with van der Waals surface area (Å²) in [7, 11) is 0. The summed E-state index contributed by atoms with van der Waals surface area (Å²) in [6, 6.07) is 8.50. The quantitative estimate of drug-likeness (QED) is 0.620. The first-order valence-corrected chi connectivity index (χ1v) is 7.05. The largest absolute Gasteiger partial charge is 0.381 e. The van der Waals surface area contributed by atoms with E-state index in [-0.39, 0.29) is 0 Å². The van der Waals surface area contributed by atoms with E-state index in [4.69, 9.17) is 9.47 Å². The second-order valence-electron chi connectivity index (χ2n) is 5.24. The highest BCUT2D eigenvalue weighted by atomic mass is 16.5. The van der Waals surface area contributed by atoms with E-state index < -0.39 is 0 Å². The predicted molar refractivity (Wildman–Crippen MR) is 73.6 cm³/mol. The lowest BCUT2D eigenvalue weighted by Gasteiger charge is -2.06. The van der Waals surface area contributed by atoms with Crippen LogP contribution >= 0.6 is 0 Å². The molecule has 1 saturated carbocycles. The highest BCUT2D eigenvalue weighted by Gasteiger charge is 2.20. The first kappa shape index (κ1) is 13.6. The fourth-order valence-corrected chi connectivity index (χ4v) is 1.90. The van der Waals surface area contributed by atoms with Crippen molar-refractivity contribution in [3.63, 3.8) is 0 Å². The van der Waals surface area contributed by atoms with E-state index in [0.29, 0.717) is 6.61 Å². The van der Waals surface area contributed by atoms with Gasteiger partial charge in [0.15, 0.2) is 0 Å². The second kappa shape index (κ2) is 7.55. The lowest BCUT2D eigenvalue weighted by Crippen LogP contribution is -2.02. The molecule has 0 atom stereocenters. The maximum Gasteiger partial charge on any atom is 0.0716 e. The third-order valence-corrected chi connectivity index (χ3v) is 3.33. The molecule has 0 spiro atoms. The minimum Gasteiger partial charge on any atom is -0.381 e. The van der Waals surface area contributed by atoms with Crippen molar-refractivity contribution in [2.24, 2.45) is 5.92 Å². The Bertz CT molecular complexity index is 327. The first-order chi connectivity index (χ1) is 8.84. The van der Waals surface area contributed by atoms with Crippen molar-refractivity contribution in [1.82, 2.24) is 0 Å². The SMILES string of the molecule is Cc1ccc(COCCCOCCC2CC2)cc1. The van der Waals surface area contributed by atoms with Gasteiger partial charge in [-0.25, -0.2) is 0 Å². The average Bonchev–Trinajstić information content (AvgIpc) is 3.19. The summed E-state index contributed by atoms with van der Waals surface area (Å²) < 4.78 is 11.2. The molecule has 2 heteroatoms. The molecule has 18 heavy (non-hydrogen) atoms. The van der Waals surface area contributed by atoms with Crippen molar-refractivity contribution in [1.29, 1.82) is 0 Å². The van der Waals surface area contributed by atoms with Gasteiger partial charge in [-0.2, -0.15) is 0 Å². The van der Waals surface area contributed by atoms with Crippen LogP contribution in [0.2, 0.25) is 0 Å². The highest BCUT2D eigenvalue weighted by Crippen LogP contribution is 2.32. The average molecular weight is 248 g/mol. The molecule has 0 saturated heterocycles. The van der Waals surface area contributed by atoms with Crippen LogP contribution in [0.15, 0.2) is 24.3 Å². The van der Waals surface area contributed by atoms with Crippen molar-refractivity contribution in [3.05, 3.63) is 35.4 Å². The van der Waals surface area contributed by atoms with Gasteiger partial charge in [0.1, 0.15) is 0 Å². The molecule has 1 aliphatic rings. The molecular weight excluding hydrogens is 224 g/mol. The fourth-order valence-electron chi connectivity index (χ4n) is 1.90. The van der Waals surface area contributed by atoms with Crippen LogP contribution in [0.25, 0.3) is 0 Å². The fraction of sp³-hybridized carbons (Fsp3) is 0.625. The third-order valence-electron chi connectivity index (χ3n) is 3.33. The minimum absolute atomic E-state index is 0.711. The van der Waals surface area contributed by atoms with E-state index in [1.165, 1.54) is 30.4 Å². The number of hydrogen-bond donors (Lipinski definition) is 0. The lowest BCUT2D eigenvalue weighted by molar-refractivity contribution is 0.0737. The van der Waals surface area contributed by atoms with Crippen molar-refractivity contribution in [2.45, 2.75) is 39.2 Å². The predicted octanol–water partition coefficient (Wildman–Crippen LogP) is 3.72. The molecule has 0 unspecified atom stereocenters. The van der Waals surface area contributed by atoms with Crippen LogP contribution in [0, 0.1) is 12.8 Å². The monoisotopic (exact) mass is 248 g/mol. The zero-order chi connectivity index (χ0) is 12.6. The van der Waals surface area contributed by atoms with Gasteiger partial charge in [-0.3, -0.25) is 0 Å². The lowest BCUT2D eigenvalue weighted by atomic mass is 10.2. The van der Waals surface area contributed by atoms with E-state index in [2.05, 4.69) is 31.2 Å². The summed E-state index contributed by atoms with van der Waals surface area (Å²) >= 11 is 0. The van der Waals surface area contributed by atoms with Gasteiger partial charge in [0.25, 0.3) is 0 Å². The van der Waals surface area contributed by atoms with Gasteiger partial charge < -0.3 is 9.47 Å². The number of rotatable bonds is 9. The van der Waals surface area contributed by atoms with Crippen molar-refractivity contribution >= 4 is 0 Å². The van der Waals surface area contributed by atoms with Crippen LogP contribution in [-0.2, 0) is 16.1 Å². The molecule has 0 heterocycles. The van der Waals surface area contributed by atoms with E-state index in [0.717, 1.165) is 32.2 Å². The Kier molecular flexibility index (Phi) is 5.69. The number of benzene rings is 1. The summed E-state index contributed by atoms with van der Waals surface area (Å²) in [5.74, 6) is 0.975. The molecule has 100 valence electrons. The molecule has 0 aliphatic heterocycles. The Hall–Kier alpha value is -0.860. The molecule has 0 N–H and O–H groups in total. The van der Waals surface area contributed by atoms with Gasteiger partial charge in [0.2, 0.25) is 0 Å². The van der Waals surface area contributed by atoms with Gasteiger partial charge in [-0.05, 0) is 31.2 Å². The van der Waals surface area contributed by atoms with E-state index >= 15 is 0 Å². The Balaban J connectivity index is 1.42. The Morgan fingerprint density at radius 3 is 2.44 bits per heavy atom. The molecule has 2 rings (SSSR count). The van der Waals surface area contributed by atoms with Crippen molar-refractivity contribution in [2.75, 3.05) is 19.8 Å². The van der Waals surface area contributed by atoms with Gasteiger partial charge in [0, 0.05) is 19.8 Å². The molecule has 1 fully saturated rings. The van der Waals surface area contributed by atoms with Crippen LogP contribution < -0.4 is 0 Å². The Labute approximate surface area is 110 Å². The maximum atomic E-state index is 5.62. The molecule has 1 aliphatic carbocycles. The molecule has 1 aromatic carbocycles. The van der Waals surface area contributed by atoms with Gasteiger partial charge in [0.05, 0.1) is 6.61 Å². The summed E-state index contributed by atoms with van der Waals surface area (Å²) in [5, 5.41) is 0. The molecule has 0 bridgehead atoms. The van der Waals surface area contributed by atoms with Gasteiger partial charge in [-0.15, -0.1) is 0 Å². The molecule has 0 amide bonds. The zero-order valence-corrected chi connectivity index (χ0v) is 11.4. The molecule has 0 aromatic heterocycles. The van der Waals surface area contributed by atoms with E-state index in [1.807, 2.05) is 0 Å². The maximum absolute atomic E-state index is 5.62. The number of aryl methyl sites for hydroxylation is 1. The minimum atomic E-state index is 0.711. The topological polar surface area (TPSA) is 18.5 Å². The van der Waals surface area contributed by atoms with Gasteiger partial charge >= 0.3 is 0 Å². The summed E-state index contributed by atoms with van der Waals surface area (Å²) in [6.07, 6.45) is 5.09. The Morgan fingerprint density at radius 2 is 1.72 bits per heavy atom. The number of ether oxygens (including phenoxy) is 2. The second-order valence-corrected chi connectivity index (χ2v) is 5.24.